The van der Waals surface area contributed by atoms with Gasteiger partial charge in [-0.2, -0.15) is 10.5 Å². The Bertz CT molecular complexity index is 982. The lowest BCUT2D eigenvalue weighted by Crippen LogP contribution is -2.07. The molecule has 0 saturated heterocycles. The van der Waals surface area contributed by atoms with E-state index in [-0.39, 0.29) is 5.57 Å². The van der Waals surface area contributed by atoms with E-state index in [1.54, 1.807) is 6.08 Å². The molecule has 4 heteroatoms. The molecule has 0 bridgehead atoms. The lowest BCUT2D eigenvalue weighted by atomic mass is 10.1. The van der Waals surface area contributed by atoms with Crippen LogP contribution in [0.5, 0.6) is 5.75 Å². The summed E-state index contributed by atoms with van der Waals surface area (Å²) >= 11 is 0. The first-order chi connectivity index (χ1) is 12.2. The molecule has 1 aromatic heterocycles. The molecule has 25 heavy (non-hydrogen) atoms. The predicted octanol–water partition coefficient (Wildman–Crippen LogP) is 4.46. The van der Waals surface area contributed by atoms with E-state index in [4.69, 9.17) is 15.3 Å². The quantitative estimate of drug-likeness (QED) is 0.650. The molecule has 3 aromatic rings. The molecule has 0 N–H and O–H groups in total. The molecule has 4 nitrogen and oxygen atoms in total. The Morgan fingerprint density at radius 1 is 1.08 bits per heavy atom. The summed E-state index contributed by atoms with van der Waals surface area (Å²) in [5.74, 6) is 0.846. The molecule has 1 heterocycles. The number of ether oxygens (including phenoxy) is 1. The molecule has 0 amide bonds. The van der Waals surface area contributed by atoms with Crippen LogP contribution in [0, 0.1) is 29.6 Å². The lowest BCUT2D eigenvalue weighted by Gasteiger charge is -2.08. The van der Waals surface area contributed by atoms with Crippen LogP contribution in [0.3, 0.4) is 0 Å². The van der Waals surface area contributed by atoms with Crippen LogP contribution in [0.25, 0.3) is 17.0 Å². The van der Waals surface area contributed by atoms with E-state index >= 15 is 0 Å². The fraction of sp³-hybridized carbons (Fsp3) is 0.143. The molecule has 0 spiro atoms. The summed E-state index contributed by atoms with van der Waals surface area (Å²) in [5, 5.41) is 19.0. The van der Waals surface area contributed by atoms with E-state index in [2.05, 4.69) is 4.57 Å². The van der Waals surface area contributed by atoms with E-state index in [0.717, 1.165) is 22.2 Å². The topological polar surface area (TPSA) is 61.7 Å². The standard InChI is InChI=1S/C21H17N3O/c1-16-6-8-19(9-7-16)25-11-10-24-15-18(12-17(13-22)14-23)20-4-2-3-5-21(20)24/h2-9,12,15H,10-11H2,1H3. The average molecular weight is 327 g/mol. The molecule has 122 valence electrons. The Morgan fingerprint density at radius 3 is 2.52 bits per heavy atom. The number of benzene rings is 2. The molecular weight excluding hydrogens is 310 g/mol. The van der Waals surface area contributed by atoms with Gasteiger partial charge in [0.25, 0.3) is 0 Å². The molecule has 0 atom stereocenters. The van der Waals surface area contributed by atoms with Gasteiger partial charge in [-0.05, 0) is 31.2 Å². The maximum Gasteiger partial charge on any atom is 0.130 e. The van der Waals surface area contributed by atoms with Gasteiger partial charge in [0.2, 0.25) is 0 Å². The number of aromatic nitrogens is 1. The van der Waals surface area contributed by atoms with Crippen molar-refractivity contribution in [3.63, 3.8) is 0 Å². The molecule has 3 rings (SSSR count). The van der Waals surface area contributed by atoms with Crippen molar-refractivity contribution < 1.29 is 4.74 Å². The van der Waals surface area contributed by atoms with Crippen molar-refractivity contribution in [1.82, 2.24) is 4.57 Å². The smallest absolute Gasteiger partial charge is 0.130 e. The van der Waals surface area contributed by atoms with Crippen LogP contribution in [0.2, 0.25) is 0 Å². The Kier molecular flexibility index (Phi) is 4.83. The molecule has 0 aliphatic carbocycles. The summed E-state index contributed by atoms with van der Waals surface area (Å²) in [6.07, 6.45) is 3.58. The van der Waals surface area contributed by atoms with E-state index in [0.29, 0.717) is 13.2 Å². The van der Waals surface area contributed by atoms with Crippen LogP contribution >= 0.6 is 0 Å². The number of para-hydroxylation sites is 1. The molecule has 0 radical (unpaired) electrons. The minimum atomic E-state index is 0.0961. The van der Waals surface area contributed by atoms with Gasteiger partial charge in [0.1, 0.15) is 30.1 Å². The third-order valence-electron chi connectivity index (χ3n) is 3.98. The highest BCUT2D eigenvalue weighted by atomic mass is 16.5. The third kappa shape index (κ3) is 3.71. The van der Waals surface area contributed by atoms with Gasteiger partial charge in [0.15, 0.2) is 0 Å². The first kappa shape index (κ1) is 16.4. The molecule has 0 aliphatic heterocycles. The second kappa shape index (κ2) is 7.38. The molecule has 0 saturated carbocycles. The largest absolute Gasteiger partial charge is 0.492 e. The Hall–Kier alpha value is -3.50. The van der Waals surface area contributed by atoms with Crippen LogP contribution in [-0.2, 0) is 6.54 Å². The maximum absolute atomic E-state index is 8.99. The molecular formula is C21H17N3O. The SMILES string of the molecule is Cc1ccc(OCCn2cc(C=C(C#N)C#N)c3ccccc32)cc1. The Balaban J connectivity index is 1.82. The number of nitriles is 2. The third-order valence-corrected chi connectivity index (χ3v) is 3.98. The van der Waals surface area contributed by atoms with Gasteiger partial charge in [0, 0.05) is 22.7 Å². The van der Waals surface area contributed by atoms with Crippen molar-refractivity contribution >= 4 is 17.0 Å². The number of fused-ring (bicyclic) bond motifs is 1. The van der Waals surface area contributed by atoms with Gasteiger partial charge in [-0.1, -0.05) is 35.9 Å². The van der Waals surface area contributed by atoms with Gasteiger partial charge >= 0.3 is 0 Å². The lowest BCUT2D eigenvalue weighted by molar-refractivity contribution is 0.300. The number of hydrogen-bond donors (Lipinski definition) is 0. The summed E-state index contributed by atoms with van der Waals surface area (Å²) in [5.41, 5.74) is 3.21. The minimum Gasteiger partial charge on any atom is -0.492 e. The number of rotatable bonds is 5. The summed E-state index contributed by atoms with van der Waals surface area (Å²) in [7, 11) is 0. The van der Waals surface area contributed by atoms with Crippen molar-refractivity contribution in [1.29, 1.82) is 10.5 Å². The highest BCUT2D eigenvalue weighted by Gasteiger charge is 2.07. The summed E-state index contributed by atoms with van der Waals surface area (Å²) < 4.78 is 7.89. The zero-order chi connectivity index (χ0) is 17.6. The van der Waals surface area contributed by atoms with Crippen LogP contribution in [-0.4, -0.2) is 11.2 Å². The minimum absolute atomic E-state index is 0.0961. The molecule has 0 unspecified atom stereocenters. The zero-order valence-corrected chi connectivity index (χ0v) is 13.9. The molecule has 2 aromatic carbocycles. The predicted molar refractivity (Wildman–Crippen MR) is 97.8 cm³/mol. The van der Waals surface area contributed by atoms with E-state index in [9.17, 15) is 0 Å². The van der Waals surface area contributed by atoms with Crippen LogP contribution in [0.4, 0.5) is 0 Å². The number of hydrogen-bond acceptors (Lipinski definition) is 3. The summed E-state index contributed by atoms with van der Waals surface area (Å²) in [6.45, 7) is 3.26. The zero-order valence-electron chi connectivity index (χ0n) is 13.9. The first-order valence-corrected chi connectivity index (χ1v) is 8.00. The number of nitrogens with zero attached hydrogens (tertiary/aromatic N) is 3. The summed E-state index contributed by atoms with van der Waals surface area (Å²) in [4.78, 5) is 0. The Labute approximate surface area is 146 Å². The number of allylic oxidation sites excluding steroid dienone is 1. The van der Waals surface area contributed by atoms with Gasteiger partial charge in [-0.25, -0.2) is 0 Å². The maximum atomic E-state index is 8.99. The van der Waals surface area contributed by atoms with Gasteiger partial charge in [0.05, 0.1) is 6.54 Å². The van der Waals surface area contributed by atoms with Gasteiger partial charge < -0.3 is 9.30 Å². The van der Waals surface area contributed by atoms with E-state index in [1.165, 1.54) is 5.56 Å². The van der Waals surface area contributed by atoms with Crippen LogP contribution < -0.4 is 4.74 Å². The summed E-state index contributed by atoms with van der Waals surface area (Å²) in [6, 6.07) is 19.7. The van der Waals surface area contributed by atoms with E-state index in [1.807, 2.05) is 73.8 Å². The Morgan fingerprint density at radius 2 is 1.80 bits per heavy atom. The first-order valence-electron chi connectivity index (χ1n) is 8.00. The van der Waals surface area contributed by atoms with Crippen LogP contribution in [0.1, 0.15) is 11.1 Å². The van der Waals surface area contributed by atoms with Crippen molar-refractivity contribution in [3.05, 3.63) is 71.4 Å². The van der Waals surface area contributed by atoms with Crippen LogP contribution in [0.15, 0.2) is 60.3 Å². The van der Waals surface area contributed by atoms with E-state index < -0.39 is 0 Å². The van der Waals surface area contributed by atoms with Gasteiger partial charge in [-0.15, -0.1) is 0 Å². The second-order valence-corrected chi connectivity index (χ2v) is 5.74. The van der Waals surface area contributed by atoms with Crippen molar-refractivity contribution in [2.45, 2.75) is 13.5 Å². The van der Waals surface area contributed by atoms with Crippen molar-refractivity contribution in [2.75, 3.05) is 6.61 Å². The highest BCUT2D eigenvalue weighted by molar-refractivity contribution is 5.90. The van der Waals surface area contributed by atoms with Crippen molar-refractivity contribution in [3.8, 4) is 17.9 Å². The molecule has 0 aliphatic rings. The average Bonchev–Trinajstić information content (AvgIpc) is 2.99. The normalized spacial score (nSPS) is 10.0. The number of aryl methyl sites for hydroxylation is 1. The fourth-order valence-corrected chi connectivity index (χ4v) is 2.72. The highest BCUT2D eigenvalue weighted by Crippen LogP contribution is 2.23. The van der Waals surface area contributed by atoms with Gasteiger partial charge in [-0.3, -0.25) is 0 Å². The monoisotopic (exact) mass is 327 g/mol. The second-order valence-electron chi connectivity index (χ2n) is 5.74. The molecule has 0 fully saturated rings. The van der Waals surface area contributed by atoms with Crippen molar-refractivity contribution in [2.24, 2.45) is 0 Å². The fourth-order valence-electron chi connectivity index (χ4n) is 2.72.